The van der Waals surface area contributed by atoms with Crippen molar-refractivity contribution in [2.45, 2.75) is 6.04 Å². The lowest BCUT2D eigenvalue weighted by Crippen LogP contribution is -2.18. The number of halogens is 3. The third-order valence-corrected chi connectivity index (χ3v) is 3.30. The molecule has 0 spiro atoms. The zero-order valence-electron chi connectivity index (χ0n) is 9.01. The van der Waals surface area contributed by atoms with Crippen LogP contribution in [-0.2, 0) is 0 Å². The Morgan fingerprint density at radius 3 is 2.65 bits per heavy atom. The minimum atomic E-state index is -0.894. The minimum Gasteiger partial charge on any atom is -0.467 e. The van der Waals surface area contributed by atoms with Crippen LogP contribution in [0.25, 0.3) is 0 Å². The molecule has 0 fully saturated rings. The molecule has 0 aliphatic carbocycles. The van der Waals surface area contributed by atoms with Gasteiger partial charge >= 0.3 is 0 Å². The van der Waals surface area contributed by atoms with Crippen molar-refractivity contribution in [3.8, 4) is 0 Å². The quantitative estimate of drug-likeness (QED) is 0.876. The van der Waals surface area contributed by atoms with E-state index in [1.807, 2.05) is 0 Å². The van der Waals surface area contributed by atoms with E-state index in [4.69, 9.17) is 4.42 Å². The van der Waals surface area contributed by atoms with Gasteiger partial charge in [-0.05, 0) is 46.7 Å². The van der Waals surface area contributed by atoms with E-state index in [-0.39, 0.29) is 10.5 Å². The molecule has 1 heterocycles. The van der Waals surface area contributed by atoms with E-state index in [1.54, 1.807) is 19.2 Å². The van der Waals surface area contributed by atoms with Gasteiger partial charge in [0.15, 0.2) is 11.6 Å². The third-order valence-electron chi connectivity index (χ3n) is 2.49. The first-order valence-corrected chi connectivity index (χ1v) is 5.78. The first kappa shape index (κ1) is 12.3. The third kappa shape index (κ3) is 2.25. The van der Waals surface area contributed by atoms with Crippen molar-refractivity contribution in [3.05, 3.63) is 58.0 Å². The largest absolute Gasteiger partial charge is 0.467 e. The van der Waals surface area contributed by atoms with Gasteiger partial charge in [0.25, 0.3) is 0 Å². The van der Waals surface area contributed by atoms with Gasteiger partial charge in [0.1, 0.15) is 5.76 Å². The molecular weight excluding hydrogens is 292 g/mol. The van der Waals surface area contributed by atoms with Crippen molar-refractivity contribution < 1.29 is 13.2 Å². The summed E-state index contributed by atoms with van der Waals surface area (Å²) in [6, 6.07) is 5.81. The fraction of sp³-hybridized carbons (Fsp3) is 0.167. The van der Waals surface area contributed by atoms with Crippen LogP contribution in [0.15, 0.2) is 39.4 Å². The summed E-state index contributed by atoms with van der Waals surface area (Å²) < 4.78 is 31.8. The SMILES string of the molecule is CNC(c1ccco1)c1ccc(F)c(F)c1Br. The number of hydrogen-bond acceptors (Lipinski definition) is 2. The van der Waals surface area contributed by atoms with Crippen molar-refractivity contribution in [1.29, 1.82) is 0 Å². The molecule has 0 bridgehead atoms. The van der Waals surface area contributed by atoms with Gasteiger partial charge in [0.05, 0.1) is 16.8 Å². The predicted molar refractivity (Wildman–Crippen MR) is 63.7 cm³/mol. The molecule has 90 valence electrons. The highest BCUT2D eigenvalue weighted by Gasteiger charge is 2.21. The average Bonchev–Trinajstić information content (AvgIpc) is 2.84. The highest BCUT2D eigenvalue weighted by molar-refractivity contribution is 9.10. The molecule has 2 nitrogen and oxygen atoms in total. The summed E-state index contributed by atoms with van der Waals surface area (Å²) in [7, 11) is 1.72. The summed E-state index contributed by atoms with van der Waals surface area (Å²) in [5.41, 5.74) is 0.585. The highest BCUT2D eigenvalue weighted by atomic mass is 79.9. The summed E-state index contributed by atoms with van der Waals surface area (Å²) in [6.45, 7) is 0. The van der Waals surface area contributed by atoms with E-state index in [0.29, 0.717) is 11.3 Å². The number of hydrogen-bond donors (Lipinski definition) is 1. The van der Waals surface area contributed by atoms with Crippen LogP contribution in [0.2, 0.25) is 0 Å². The van der Waals surface area contributed by atoms with E-state index in [0.717, 1.165) is 6.07 Å². The van der Waals surface area contributed by atoms with Gasteiger partial charge < -0.3 is 9.73 Å². The standard InChI is InChI=1S/C12H10BrF2NO/c1-16-12(9-3-2-6-17-9)7-4-5-8(14)11(15)10(7)13/h2-6,12,16H,1H3. The van der Waals surface area contributed by atoms with Crippen molar-refractivity contribution in [2.75, 3.05) is 7.05 Å². The molecule has 0 radical (unpaired) electrons. The fourth-order valence-electron chi connectivity index (χ4n) is 1.67. The van der Waals surface area contributed by atoms with Crippen molar-refractivity contribution in [3.63, 3.8) is 0 Å². The first-order valence-electron chi connectivity index (χ1n) is 4.99. The summed E-state index contributed by atoms with van der Waals surface area (Å²) in [5.74, 6) is -1.14. The monoisotopic (exact) mass is 301 g/mol. The van der Waals surface area contributed by atoms with Crippen LogP contribution in [0, 0.1) is 11.6 Å². The van der Waals surface area contributed by atoms with Crippen LogP contribution in [0.5, 0.6) is 0 Å². The zero-order valence-corrected chi connectivity index (χ0v) is 10.6. The molecule has 1 aromatic heterocycles. The number of rotatable bonds is 3. The molecule has 1 N–H and O–H groups in total. The lowest BCUT2D eigenvalue weighted by molar-refractivity contribution is 0.456. The maximum Gasteiger partial charge on any atom is 0.173 e. The summed E-state index contributed by atoms with van der Waals surface area (Å²) in [6.07, 6.45) is 1.54. The van der Waals surface area contributed by atoms with Gasteiger partial charge in [0.2, 0.25) is 0 Å². The molecule has 1 unspecified atom stereocenters. The molecule has 0 saturated carbocycles. The molecule has 0 aliphatic rings. The van der Waals surface area contributed by atoms with E-state index in [9.17, 15) is 8.78 Å². The second kappa shape index (κ2) is 4.98. The fourth-order valence-corrected chi connectivity index (χ4v) is 2.22. The van der Waals surface area contributed by atoms with Gasteiger partial charge in [0, 0.05) is 0 Å². The Kier molecular flexibility index (Phi) is 3.59. The summed E-state index contributed by atoms with van der Waals surface area (Å²) >= 11 is 3.06. The predicted octanol–water partition coefficient (Wildman–Crippen LogP) is 3.63. The summed E-state index contributed by atoms with van der Waals surface area (Å²) in [5, 5.41) is 3.00. The molecule has 2 rings (SSSR count). The second-order valence-electron chi connectivity index (χ2n) is 3.50. The van der Waals surface area contributed by atoms with E-state index >= 15 is 0 Å². The molecule has 0 saturated heterocycles. The van der Waals surface area contributed by atoms with Gasteiger partial charge in [-0.25, -0.2) is 8.78 Å². The maximum absolute atomic E-state index is 13.4. The molecule has 0 amide bonds. The second-order valence-corrected chi connectivity index (χ2v) is 4.29. The minimum absolute atomic E-state index is 0.105. The Hall–Kier alpha value is -1.20. The molecule has 5 heteroatoms. The molecule has 2 aromatic rings. The number of benzene rings is 1. The molecular formula is C12H10BrF2NO. The van der Waals surface area contributed by atoms with E-state index < -0.39 is 11.6 Å². The van der Waals surface area contributed by atoms with Gasteiger partial charge in [-0.2, -0.15) is 0 Å². The van der Waals surface area contributed by atoms with Crippen molar-refractivity contribution >= 4 is 15.9 Å². The zero-order chi connectivity index (χ0) is 12.4. The normalized spacial score (nSPS) is 12.7. The number of furan rings is 1. The molecule has 1 aromatic carbocycles. The Balaban J connectivity index is 2.49. The van der Waals surface area contributed by atoms with Crippen LogP contribution >= 0.6 is 15.9 Å². The maximum atomic E-state index is 13.4. The van der Waals surface area contributed by atoms with Gasteiger partial charge in [-0.3, -0.25) is 0 Å². The van der Waals surface area contributed by atoms with Crippen LogP contribution < -0.4 is 5.32 Å². The molecule has 0 aliphatic heterocycles. The lowest BCUT2D eigenvalue weighted by atomic mass is 10.0. The Morgan fingerprint density at radius 2 is 2.06 bits per heavy atom. The number of nitrogens with one attached hydrogen (secondary N) is 1. The lowest BCUT2D eigenvalue weighted by Gasteiger charge is -2.16. The Bertz CT molecular complexity index is 513. The van der Waals surface area contributed by atoms with Crippen LogP contribution in [-0.4, -0.2) is 7.05 Å². The Labute approximate surface area is 106 Å². The van der Waals surface area contributed by atoms with E-state index in [1.165, 1.54) is 12.3 Å². The van der Waals surface area contributed by atoms with Crippen LogP contribution in [0.4, 0.5) is 8.78 Å². The van der Waals surface area contributed by atoms with E-state index in [2.05, 4.69) is 21.2 Å². The smallest absolute Gasteiger partial charge is 0.173 e. The first-order chi connectivity index (χ1) is 8.15. The average molecular weight is 302 g/mol. The van der Waals surface area contributed by atoms with Crippen molar-refractivity contribution in [2.24, 2.45) is 0 Å². The van der Waals surface area contributed by atoms with Gasteiger partial charge in [-0.1, -0.05) is 6.07 Å². The topological polar surface area (TPSA) is 25.2 Å². The van der Waals surface area contributed by atoms with Gasteiger partial charge in [-0.15, -0.1) is 0 Å². The molecule has 1 atom stereocenters. The molecule has 17 heavy (non-hydrogen) atoms. The Morgan fingerprint density at radius 1 is 1.29 bits per heavy atom. The summed E-state index contributed by atoms with van der Waals surface area (Å²) in [4.78, 5) is 0. The van der Waals surface area contributed by atoms with Crippen molar-refractivity contribution in [1.82, 2.24) is 5.32 Å². The van der Waals surface area contributed by atoms with Crippen LogP contribution in [0.1, 0.15) is 17.4 Å². The van der Waals surface area contributed by atoms with Crippen LogP contribution in [0.3, 0.4) is 0 Å². The highest BCUT2D eigenvalue weighted by Crippen LogP contribution is 2.31.